The summed E-state index contributed by atoms with van der Waals surface area (Å²) < 4.78 is 38.1. The van der Waals surface area contributed by atoms with Crippen molar-refractivity contribution in [2.75, 3.05) is 23.3 Å². The van der Waals surface area contributed by atoms with Crippen molar-refractivity contribution in [2.45, 2.75) is 19.0 Å². The fraction of sp³-hybridized carbons (Fsp3) is 0.333. The molecule has 0 radical (unpaired) electrons. The first-order chi connectivity index (χ1) is 12.3. The molecule has 26 heavy (non-hydrogen) atoms. The Kier molecular flexibility index (Phi) is 5.36. The van der Waals surface area contributed by atoms with Crippen molar-refractivity contribution in [3.05, 3.63) is 53.2 Å². The van der Waals surface area contributed by atoms with Crippen LogP contribution in [0.25, 0.3) is 0 Å². The maximum atomic E-state index is 12.7. The summed E-state index contributed by atoms with van der Waals surface area (Å²) >= 11 is 5.99. The summed E-state index contributed by atoms with van der Waals surface area (Å²) in [4.78, 5) is 18.0. The number of hydrogen-bond donors (Lipinski definition) is 1. The molecule has 4 nitrogen and oxygen atoms in total. The van der Waals surface area contributed by atoms with E-state index >= 15 is 0 Å². The topological polar surface area (TPSA) is 45.2 Å². The Morgan fingerprint density at radius 2 is 1.85 bits per heavy atom. The van der Waals surface area contributed by atoms with Gasteiger partial charge in [-0.3, -0.25) is 4.79 Å². The third-order valence-corrected chi connectivity index (χ3v) is 4.63. The fourth-order valence-electron chi connectivity index (χ4n) is 2.94. The molecule has 1 N–H and O–H groups in total. The van der Waals surface area contributed by atoms with Crippen LogP contribution in [-0.2, 0) is 11.0 Å². The highest BCUT2D eigenvalue weighted by molar-refractivity contribution is 6.33. The van der Waals surface area contributed by atoms with Crippen LogP contribution in [0, 0.1) is 5.92 Å². The minimum absolute atomic E-state index is 0.0352. The Balaban J connectivity index is 1.61. The molecule has 0 saturated carbocycles. The highest BCUT2D eigenvalue weighted by atomic mass is 35.5. The second kappa shape index (κ2) is 7.53. The van der Waals surface area contributed by atoms with Gasteiger partial charge in [-0.1, -0.05) is 29.8 Å². The number of aromatic nitrogens is 1. The molecule has 1 amide bonds. The molecule has 138 valence electrons. The average molecular weight is 384 g/mol. The van der Waals surface area contributed by atoms with Crippen LogP contribution in [0.15, 0.2) is 42.6 Å². The van der Waals surface area contributed by atoms with Crippen LogP contribution < -0.4 is 10.2 Å². The molecular formula is C18H17ClF3N3O. The first-order valence-corrected chi connectivity index (χ1v) is 8.56. The Bertz CT molecular complexity index is 775. The summed E-state index contributed by atoms with van der Waals surface area (Å²) in [6, 6.07) is 10.1. The maximum Gasteiger partial charge on any atom is 0.417 e. The van der Waals surface area contributed by atoms with Gasteiger partial charge in [-0.25, -0.2) is 4.98 Å². The molecule has 0 spiro atoms. The summed E-state index contributed by atoms with van der Waals surface area (Å²) in [6.45, 7) is 1.01. The van der Waals surface area contributed by atoms with Crippen molar-refractivity contribution in [1.82, 2.24) is 4.98 Å². The normalized spacial score (nSPS) is 15.8. The molecule has 1 aromatic carbocycles. The van der Waals surface area contributed by atoms with Gasteiger partial charge in [0, 0.05) is 30.9 Å². The predicted octanol–water partition coefficient (Wildman–Crippen LogP) is 4.61. The number of piperidine rings is 1. The van der Waals surface area contributed by atoms with Crippen LogP contribution in [-0.4, -0.2) is 24.0 Å². The van der Waals surface area contributed by atoms with Crippen molar-refractivity contribution < 1.29 is 18.0 Å². The average Bonchev–Trinajstić information content (AvgIpc) is 2.62. The Labute approximate surface area is 154 Å². The molecule has 1 fully saturated rings. The number of amides is 1. The van der Waals surface area contributed by atoms with Gasteiger partial charge in [-0.15, -0.1) is 0 Å². The lowest BCUT2D eigenvalue weighted by Crippen LogP contribution is -2.38. The molecule has 0 aliphatic carbocycles. The number of anilines is 2. The number of rotatable bonds is 3. The van der Waals surface area contributed by atoms with E-state index in [1.54, 1.807) is 0 Å². The molecule has 1 saturated heterocycles. The SMILES string of the molecule is O=C(Nc1ccccc1)C1CCN(c2ncc(C(F)(F)F)cc2Cl)CC1. The van der Waals surface area contributed by atoms with Gasteiger partial charge < -0.3 is 10.2 Å². The highest BCUT2D eigenvalue weighted by Crippen LogP contribution is 2.34. The van der Waals surface area contributed by atoms with Gasteiger partial charge in [-0.05, 0) is 31.0 Å². The zero-order valence-corrected chi connectivity index (χ0v) is 14.5. The minimum Gasteiger partial charge on any atom is -0.355 e. The fourth-order valence-corrected chi connectivity index (χ4v) is 3.22. The number of nitrogens with zero attached hydrogens (tertiary/aromatic N) is 2. The van der Waals surface area contributed by atoms with Crippen LogP contribution in [0.5, 0.6) is 0 Å². The van der Waals surface area contributed by atoms with E-state index in [1.165, 1.54) is 0 Å². The second-order valence-electron chi connectivity index (χ2n) is 6.14. The number of alkyl halides is 3. The molecule has 0 unspecified atom stereocenters. The van der Waals surface area contributed by atoms with E-state index in [-0.39, 0.29) is 16.8 Å². The number of hydrogen-bond acceptors (Lipinski definition) is 3. The first-order valence-electron chi connectivity index (χ1n) is 8.18. The molecule has 1 aromatic heterocycles. The first kappa shape index (κ1) is 18.5. The summed E-state index contributed by atoms with van der Waals surface area (Å²) in [7, 11) is 0. The monoisotopic (exact) mass is 383 g/mol. The Morgan fingerprint density at radius 3 is 2.42 bits per heavy atom. The third kappa shape index (κ3) is 4.27. The van der Waals surface area contributed by atoms with Crippen LogP contribution in [0.1, 0.15) is 18.4 Å². The zero-order valence-electron chi connectivity index (χ0n) is 13.8. The Morgan fingerprint density at radius 1 is 1.19 bits per heavy atom. The molecule has 2 aromatic rings. The van der Waals surface area contributed by atoms with E-state index in [0.717, 1.165) is 18.0 Å². The number of carbonyl (C=O) groups is 1. The van der Waals surface area contributed by atoms with E-state index in [4.69, 9.17) is 11.6 Å². The van der Waals surface area contributed by atoms with Crippen LogP contribution in [0.4, 0.5) is 24.7 Å². The van der Waals surface area contributed by atoms with Gasteiger partial charge in [0.15, 0.2) is 0 Å². The van der Waals surface area contributed by atoms with Crippen molar-refractivity contribution in [2.24, 2.45) is 5.92 Å². The number of nitrogens with one attached hydrogen (secondary N) is 1. The van der Waals surface area contributed by atoms with Gasteiger partial charge in [-0.2, -0.15) is 13.2 Å². The third-order valence-electron chi connectivity index (χ3n) is 4.36. The van der Waals surface area contributed by atoms with Gasteiger partial charge in [0.2, 0.25) is 5.91 Å². The van der Waals surface area contributed by atoms with Crippen molar-refractivity contribution in [3.8, 4) is 0 Å². The quantitative estimate of drug-likeness (QED) is 0.841. The summed E-state index contributed by atoms with van der Waals surface area (Å²) in [6.07, 6.45) is -2.53. The number of benzene rings is 1. The summed E-state index contributed by atoms with van der Waals surface area (Å²) in [5.74, 6) is 0.114. The predicted molar refractivity (Wildman–Crippen MR) is 94.3 cm³/mol. The molecule has 1 aliphatic heterocycles. The lowest BCUT2D eigenvalue weighted by Gasteiger charge is -2.32. The minimum atomic E-state index is -4.47. The van der Waals surface area contributed by atoms with Gasteiger partial charge in [0.05, 0.1) is 10.6 Å². The lowest BCUT2D eigenvalue weighted by molar-refractivity contribution is -0.137. The largest absolute Gasteiger partial charge is 0.417 e. The zero-order chi connectivity index (χ0) is 18.7. The molecule has 2 heterocycles. The van der Waals surface area contributed by atoms with E-state index in [2.05, 4.69) is 10.3 Å². The van der Waals surface area contributed by atoms with Crippen LogP contribution in [0.3, 0.4) is 0 Å². The standard InChI is InChI=1S/C18H17ClF3N3O/c19-15-10-13(18(20,21)22)11-23-16(15)25-8-6-12(7-9-25)17(26)24-14-4-2-1-3-5-14/h1-5,10-12H,6-9H2,(H,24,26). The van der Waals surface area contributed by atoms with Gasteiger partial charge in [0.1, 0.15) is 5.82 Å². The van der Waals surface area contributed by atoms with Crippen molar-refractivity contribution in [1.29, 1.82) is 0 Å². The smallest absolute Gasteiger partial charge is 0.355 e. The number of para-hydroxylation sites is 1. The number of carbonyl (C=O) groups excluding carboxylic acids is 1. The molecule has 1 aliphatic rings. The molecular weight excluding hydrogens is 367 g/mol. The van der Waals surface area contributed by atoms with Gasteiger partial charge >= 0.3 is 6.18 Å². The second-order valence-corrected chi connectivity index (χ2v) is 6.55. The number of halogens is 4. The van der Waals surface area contributed by atoms with Gasteiger partial charge in [0.25, 0.3) is 0 Å². The van der Waals surface area contributed by atoms with E-state index in [0.29, 0.717) is 31.7 Å². The molecule has 0 bridgehead atoms. The molecule has 8 heteroatoms. The van der Waals surface area contributed by atoms with Crippen LogP contribution in [0.2, 0.25) is 5.02 Å². The lowest BCUT2D eigenvalue weighted by atomic mass is 9.95. The Hall–Kier alpha value is -2.28. The summed E-state index contributed by atoms with van der Waals surface area (Å²) in [5, 5.41) is 2.84. The summed E-state index contributed by atoms with van der Waals surface area (Å²) in [5.41, 5.74) is -0.129. The molecule has 0 atom stereocenters. The number of pyridine rings is 1. The molecule has 3 rings (SSSR count). The van der Waals surface area contributed by atoms with E-state index in [1.807, 2.05) is 35.2 Å². The van der Waals surface area contributed by atoms with E-state index in [9.17, 15) is 18.0 Å². The maximum absolute atomic E-state index is 12.7. The van der Waals surface area contributed by atoms with E-state index < -0.39 is 11.7 Å². The highest BCUT2D eigenvalue weighted by Gasteiger charge is 2.33. The van der Waals surface area contributed by atoms with Crippen molar-refractivity contribution in [3.63, 3.8) is 0 Å². The van der Waals surface area contributed by atoms with Crippen LogP contribution >= 0.6 is 11.6 Å². The van der Waals surface area contributed by atoms with Crippen molar-refractivity contribution >= 4 is 29.0 Å².